The van der Waals surface area contributed by atoms with Gasteiger partial charge in [0.05, 0.1) is 10.6 Å². The first-order chi connectivity index (χ1) is 10.7. The van der Waals surface area contributed by atoms with Gasteiger partial charge in [-0.1, -0.05) is 17.8 Å². The van der Waals surface area contributed by atoms with Crippen LogP contribution < -0.4 is 0 Å². The van der Waals surface area contributed by atoms with Crippen molar-refractivity contribution in [2.24, 2.45) is 0 Å². The maximum atomic E-state index is 12.0. The highest BCUT2D eigenvalue weighted by Gasteiger charge is 2.10. The Hall–Kier alpha value is -1.70. The average molecular weight is 347 g/mol. The Balaban J connectivity index is 1.56. The van der Waals surface area contributed by atoms with E-state index in [-0.39, 0.29) is 5.78 Å². The van der Waals surface area contributed by atoms with Crippen LogP contribution in [-0.2, 0) is 0 Å². The number of nitrogens with one attached hydrogen (secondary N) is 1. The highest BCUT2D eigenvalue weighted by molar-refractivity contribution is 7.99. The Morgan fingerprint density at radius 3 is 3.00 bits per heavy atom. The first-order valence-electron chi connectivity index (χ1n) is 6.57. The van der Waals surface area contributed by atoms with Crippen molar-refractivity contribution in [2.45, 2.75) is 12.1 Å². The van der Waals surface area contributed by atoms with Crippen molar-refractivity contribution in [2.75, 3.05) is 5.75 Å². The molecule has 1 N–H and O–H groups in total. The summed E-state index contributed by atoms with van der Waals surface area (Å²) in [5, 5.41) is 9.60. The van der Waals surface area contributed by atoms with Gasteiger partial charge in [0.25, 0.3) is 0 Å². The van der Waals surface area contributed by atoms with E-state index in [0.29, 0.717) is 16.7 Å². The fourth-order valence-corrected chi connectivity index (χ4v) is 3.93. The number of hydrogen-bond donors (Lipinski definition) is 1. The smallest absolute Gasteiger partial charge is 0.209 e. The summed E-state index contributed by atoms with van der Waals surface area (Å²) in [7, 11) is 0. The van der Waals surface area contributed by atoms with Gasteiger partial charge >= 0.3 is 0 Å². The topological polar surface area (TPSA) is 58.6 Å². The van der Waals surface area contributed by atoms with Gasteiger partial charge in [-0.05, 0) is 42.7 Å². The van der Waals surface area contributed by atoms with Crippen LogP contribution in [0, 0.1) is 6.92 Å². The van der Waals surface area contributed by atoms with Crippen LogP contribution in [0.25, 0.3) is 12.2 Å². The molecule has 4 nitrogen and oxygen atoms in total. The molecule has 112 valence electrons. The molecular formula is C15H13N3OS3. The van der Waals surface area contributed by atoms with Crippen LogP contribution in [0.3, 0.4) is 0 Å². The summed E-state index contributed by atoms with van der Waals surface area (Å²) in [5.74, 6) is 1.16. The van der Waals surface area contributed by atoms with E-state index in [2.05, 4.69) is 15.2 Å². The van der Waals surface area contributed by atoms with E-state index in [1.165, 1.54) is 23.1 Å². The zero-order chi connectivity index (χ0) is 15.4. The van der Waals surface area contributed by atoms with Gasteiger partial charge in [-0.25, -0.2) is 4.98 Å². The average Bonchev–Trinajstić information content (AvgIpc) is 3.24. The lowest BCUT2D eigenvalue weighted by molar-refractivity contribution is 0.102. The molecule has 3 heterocycles. The Morgan fingerprint density at radius 2 is 2.27 bits per heavy atom. The van der Waals surface area contributed by atoms with Crippen molar-refractivity contribution in [3.63, 3.8) is 0 Å². The lowest BCUT2D eigenvalue weighted by Gasteiger charge is -1.94. The summed E-state index contributed by atoms with van der Waals surface area (Å²) in [4.78, 5) is 19.5. The summed E-state index contributed by atoms with van der Waals surface area (Å²) < 4.78 is 0. The number of aromatic nitrogens is 3. The maximum Gasteiger partial charge on any atom is 0.209 e. The third-order valence-corrected chi connectivity index (χ3v) is 5.50. The van der Waals surface area contributed by atoms with Crippen molar-refractivity contribution >= 4 is 52.4 Å². The molecular weight excluding hydrogens is 334 g/mol. The number of carbonyl (C=O) groups is 1. The molecule has 3 aromatic rings. The first kappa shape index (κ1) is 15.2. The quantitative estimate of drug-likeness (QED) is 0.531. The molecule has 0 radical (unpaired) electrons. The summed E-state index contributed by atoms with van der Waals surface area (Å²) >= 11 is 4.54. The molecule has 0 unspecified atom stereocenters. The van der Waals surface area contributed by atoms with E-state index >= 15 is 0 Å². The SMILES string of the molecule is Cc1ccc(C(=O)CSc2n[nH]c(C=Cc3cccs3)n2)s1. The second-order valence-electron chi connectivity index (χ2n) is 4.47. The molecule has 3 rings (SSSR count). The van der Waals surface area contributed by atoms with Crippen LogP contribution in [0.2, 0.25) is 0 Å². The number of carbonyl (C=O) groups excluding carboxylic acids is 1. The summed E-state index contributed by atoms with van der Waals surface area (Å²) in [6, 6.07) is 7.87. The summed E-state index contributed by atoms with van der Waals surface area (Å²) in [5.41, 5.74) is 0. The molecule has 0 aliphatic heterocycles. The number of ketones is 1. The maximum absolute atomic E-state index is 12.0. The van der Waals surface area contributed by atoms with Crippen molar-refractivity contribution in [1.82, 2.24) is 15.2 Å². The van der Waals surface area contributed by atoms with Gasteiger partial charge in [-0.15, -0.1) is 27.8 Å². The molecule has 0 fully saturated rings. The standard InChI is InChI=1S/C15H13N3OS3/c1-10-4-6-13(22-10)12(19)9-21-15-16-14(17-18-15)7-5-11-3-2-8-20-11/h2-8H,9H2,1H3,(H,16,17,18). The van der Waals surface area contributed by atoms with Crippen LogP contribution in [0.5, 0.6) is 0 Å². The second-order valence-corrected chi connectivity index (χ2v) is 7.68. The number of hydrogen-bond acceptors (Lipinski definition) is 6. The fraction of sp³-hybridized carbons (Fsp3) is 0.133. The molecule has 0 bridgehead atoms. The zero-order valence-electron chi connectivity index (χ0n) is 11.8. The van der Waals surface area contributed by atoms with Crippen molar-refractivity contribution in [3.05, 3.63) is 50.1 Å². The molecule has 0 aliphatic rings. The fourth-order valence-electron chi connectivity index (χ4n) is 1.73. The number of thioether (sulfide) groups is 1. The second kappa shape index (κ2) is 7.04. The van der Waals surface area contributed by atoms with E-state index in [1.54, 1.807) is 11.3 Å². The zero-order valence-corrected chi connectivity index (χ0v) is 14.2. The molecule has 0 spiro atoms. The minimum atomic E-state index is 0.114. The largest absolute Gasteiger partial charge is 0.292 e. The number of Topliss-reactive ketones (excluding diaryl/α,β-unsaturated/α-hetero) is 1. The summed E-state index contributed by atoms with van der Waals surface area (Å²) in [6.07, 6.45) is 3.87. The number of rotatable bonds is 6. The van der Waals surface area contributed by atoms with E-state index in [1.807, 2.05) is 48.7 Å². The van der Waals surface area contributed by atoms with E-state index in [4.69, 9.17) is 0 Å². The number of nitrogens with zero attached hydrogens (tertiary/aromatic N) is 2. The molecule has 0 aromatic carbocycles. The molecule has 0 saturated carbocycles. The Kier molecular flexibility index (Phi) is 4.87. The first-order valence-corrected chi connectivity index (χ1v) is 9.25. The third kappa shape index (κ3) is 3.94. The van der Waals surface area contributed by atoms with Crippen LogP contribution in [-0.4, -0.2) is 26.7 Å². The van der Waals surface area contributed by atoms with Gasteiger partial charge in [0.2, 0.25) is 5.16 Å². The summed E-state index contributed by atoms with van der Waals surface area (Å²) in [6.45, 7) is 2.00. The Morgan fingerprint density at radius 1 is 1.36 bits per heavy atom. The van der Waals surface area contributed by atoms with E-state index in [0.717, 1.165) is 14.6 Å². The van der Waals surface area contributed by atoms with E-state index < -0.39 is 0 Å². The van der Waals surface area contributed by atoms with Crippen LogP contribution in [0.4, 0.5) is 0 Å². The van der Waals surface area contributed by atoms with Gasteiger partial charge in [0, 0.05) is 9.75 Å². The minimum Gasteiger partial charge on any atom is -0.292 e. The highest BCUT2D eigenvalue weighted by atomic mass is 32.2. The Labute approximate surface area is 140 Å². The number of aryl methyl sites for hydroxylation is 1. The number of thiophene rings is 2. The lowest BCUT2D eigenvalue weighted by atomic mass is 10.3. The lowest BCUT2D eigenvalue weighted by Crippen LogP contribution is -1.99. The molecule has 0 atom stereocenters. The van der Waals surface area contributed by atoms with Crippen LogP contribution >= 0.6 is 34.4 Å². The number of H-pyrrole nitrogens is 1. The van der Waals surface area contributed by atoms with Gasteiger partial charge in [-0.2, -0.15) is 0 Å². The molecule has 0 amide bonds. The molecule has 22 heavy (non-hydrogen) atoms. The predicted molar refractivity (Wildman–Crippen MR) is 93.7 cm³/mol. The molecule has 7 heteroatoms. The normalized spacial score (nSPS) is 11.3. The molecule has 3 aromatic heterocycles. The van der Waals surface area contributed by atoms with Crippen LogP contribution in [0.1, 0.15) is 25.3 Å². The Bertz CT molecular complexity index is 787. The minimum absolute atomic E-state index is 0.114. The molecule has 0 aliphatic carbocycles. The van der Waals surface area contributed by atoms with Gasteiger partial charge < -0.3 is 0 Å². The third-order valence-electron chi connectivity index (χ3n) is 2.78. The van der Waals surface area contributed by atoms with Gasteiger partial charge in [-0.3, -0.25) is 9.89 Å². The van der Waals surface area contributed by atoms with Gasteiger partial charge in [0.1, 0.15) is 5.82 Å². The van der Waals surface area contributed by atoms with Crippen molar-refractivity contribution in [1.29, 1.82) is 0 Å². The van der Waals surface area contributed by atoms with Crippen molar-refractivity contribution < 1.29 is 4.79 Å². The highest BCUT2D eigenvalue weighted by Crippen LogP contribution is 2.20. The van der Waals surface area contributed by atoms with Crippen molar-refractivity contribution in [3.8, 4) is 0 Å². The molecule has 0 saturated heterocycles. The van der Waals surface area contributed by atoms with Gasteiger partial charge in [0.15, 0.2) is 5.78 Å². The monoisotopic (exact) mass is 347 g/mol. The number of aromatic amines is 1. The van der Waals surface area contributed by atoms with E-state index in [9.17, 15) is 4.79 Å². The predicted octanol–water partition coefficient (Wildman–Crippen LogP) is 4.38. The van der Waals surface area contributed by atoms with Crippen LogP contribution in [0.15, 0.2) is 34.8 Å².